The van der Waals surface area contributed by atoms with Gasteiger partial charge < -0.3 is 5.11 Å². The Kier molecular flexibility index (Phi) is 7.84. The van der Waals surface area contributed by atoms with E-state index < -0.39 is 5.60 Å². The fourth-order valence-corrected chi connectivity index (χ4v) is 9.32. The number of quaternary nitrogens is 1. The Labute approximate surface area is 222 Å². The van der Waals surface area contributed by atoms with Crippen molar-refractivity contribution in [3.63, 3.8) is 0 Å². The molecule has 0 spiro atoms. The van der Waals surface area contributed by atoms with Crippen molar-refractivity contribution < 1.29 is 14.5 Å². The molecule has 3 fully saturated rings. The van der Waals surface area contributed by atoms with Crippen LogP contribution in [0.15, 0.2) is 11.6 Å². The number of rotatable bonds is 8. The molecule has 0 unspecified atom stereocenters. The Bertz CT molecular complexity index is 849. The van der Waals surface area contributed by atoms with E-state index >= 15 is 0 Å². The number of hydrogen-bond acceptors (Lipinski definition) is 2. The summed E-state index contributed by atoms with van der Waals surface area (Å²) < 4.78 is 0.402. The highest BCUT2D eigenvalue weighted by Gasteiger charge is 2.60. The first kappa shape index (κ1) is 28.1. The Morgan fingerprint density at radius 3 is 2.47 bits per heavy atom. The maximum Gasteiger partial charge on any atom is 0.297 e. The summed E-state index contributed by atoms with van der Waals surface area (Å²) in [7, 11) is 3.97. The topological polar surface area (TPSA) is 49.3 Å². The second-order valence-electron chi connectivity index (χ2n) is 14.9. The molecular weight excluding hydrogens is 444 g/mol. The van der Waals surface area contributed by atoms with E-state index in [1.165, 1.54) is 50.5 Å². The van der Waals surface area contributed by atoms with Crippen LogP contribution < -0.4 is 5.43 Å². The van der Waals surface area contributed by atoms with Gasteiger partial charge in [-0.1, -0.05) is 65.5 Å². The molecule has 206 valence electrons. The summed E-state index contributed by atoms with van der Waals surface area (Å²) in [5, 5.41) is 11.5. The van der Waals surface area contributed by atoms with Crippen LogP contribution in [0.5, 0.6) is 0 Å². The molecular formula is C32H57N2O2+. The van der Waals surface area contributed by atoms with Crippen molar-refractivity contribution in [3.05, 3.63) is 11.6 Å². The first-order valence-electron chi connectivity index (χ1n) is 15.3. The SMILES string of the molecule is CC[N+](C)(C)NC(=O)[C@@]1(O)CC[C@@]2(C)C(=CC[C@H]3[C@@H]4CC[C@H]([C@H](C)CCCC(C)C)[C@@]4(C)CC[C@@H]32)C1. The number of fused-ring (bicyclic) bond motifs is 5. The molecule has 0 aromatic rings. The van der Waals surface area contributed by atoms with E-state index in [1.807, 2.05) is 14.1 Å². The van der Waals surface area contributed by atoms with Crippen molar-refractivity contribution in [3.8, 4) is 0 Å². The minimum absolute atomic E-state index is 0.146. The van der Waals surface area contributed by atoms with Crippen LogP contribution in [0.2, 0.25) is 0 Å². The third-order valence-corrected chi connectivity index (χ3v) is 12.0. The molecule has 1 amide bonds. The van der Waals surface area contributed by atoms with E-state index in [1.54, 1.807) is 0 Å². The third-order valence-electron chi connectivity index (χ3n) is 12.0. The van der Waals surface area contributed by atoms with E-state index in [2.05, 4.69) is 53.0 Å². The van der Waals surface area contributed by atoms with E-state index in [4.69, 9.17) is 0 Å². The summed E-state index contributed by atoms with van der Waals surface area (Å²) in [4.78, 5) is 13.2. The van der Waals surface area contributed by atoms with Gasteiger partial charge in [-0.3, -0.25) is 4.79 Å². The van der Waals surface area contributed by atoms with Gasteiger partial charge in [-0.2, -0.15) is 5.43 Å². The summed E-state index contributed by atoms with van der Waals surface area (Å²) in [5.41, 5.74) is 3.82. The lowest BCUT2D eigenvalue weighted by molar-refractivity contribution is -0.923. The zero-order valence-corrected chi connectivity index (χ0v) is 24.8. The van der Waals surface area contributed by atoms with E-state index in [0.29, 0.717) is 28.8 Å². The molecule has 0 bridgehead atoms. The van der Waals surface area contributed by atoms with Crippen LogP contribution in [0.3, 0.4) is 0 Å². The van der Waals surface area contributed by atoms with Gasteiger partial charge in [-0.05, 0) is 98.2 Å². The summed E-state index contributed by atoms with van der Waals surface area (Å²) in [6.45, 7) is 15.2. The fourth-order valence-electron chi connectivity index (χ4n) is 9.32. The lowest BCUT2D eigenvalue weighted by atomic mass is 9.46. The van der Waals surface area contributed by atoms with Gasteiger partial charge in [0, 0.05) is 6.42 Å². The molecule has 4 aliphatic carbocycles. The number of allylic oxidation sites excluding steroid dienone is 1. The van der Waals surface area contributed by atoms with Gasteiger partial charge >= 0.3 is 0 Å². The summed E-state index contributed by atoms with van der Waals surface area (Å²) >= 11 is 0. The molecule has 4 rings (SSSR count). The van der Waals surface area contributed by atoms with Crippen molar-refractivity contribution in [2.24, 2.45) is 46.3 Å². The van der Waals surface area contributed by atoms with E-state index in [-0.39, 0.29) is 11.3 Å². The van der Waals surface area contributed by atoms with Crippen LogP contribution in [0, 0.1) is 46.3 Å². The molecule has 0 radical (unpaired) electrons. The maximum absolute atomic E-state index is 13.2. The maximum atomic E-state index is 13.2. The quantitative estimate of drug-likeness (QED) is 0.216. The van der Waals surface area contributed by atoms with E-state index in [0.717, 1.165) is 49.0 Å². The zero-order chi connectivity index (χ0) is 26.5. The van der Waals surface area contributed by atoms with Crippen molar-refractivity contribution in [1.82, 2.24) is 5.43 Å². The second-order valence-corrected chi connectivity index (χ2v) is 14.9. The fraction of sp³-hybridized carbons (Fsp3) is 0.906. The molecule has 0 aromatic carbocycles. The molecule has 4 aliphatic rings. The molecule has 0 aromatic heterocycles. The van der Waals surface area contributed by atoms with Crippen LogP contribution in [-0.4, -0.2) is 41.8 Å². The third kappa shape index (κ3) is 4.95. The molecule has 4 heteroatoms. The molecule has 0 saturated heterocycles. The van der Waals surface area contributed by atoms with Crippen LogP contribution >= 0.6 is 0 Å². The average molecular weight is 502 g/mol. The van der Waals surface area contributed by atoms with Gasteiger partial charge in [0.05, 0.1) is 20.6 Å². The number of carbonyl (C=O) groups is 1. The first-order valence-corrected chi connectivity index (χ1v) is 15.3. The minimum atomic E-state index is -1.27. The summed E-state index contributed by atoms with van der Waals surface area (Å²) in [6.07, 6.45) is 15.3. The van der Waals surface area contributed by atoms with Crippen LogP contribution in [0.4, 0.5) is 0 Å². The monoisotopic (exact) mass is 501 g/mol. The molecule has 4 nitrogen and oxygen atoms in total. The van der Waals surface area contributed by atoms with Gasteiger partial charge in [-0.15, -0.1) is 0 Å². The van der Waals surface area contributed by atoms with E-state index in [9.17, 15) is 9.90 Å². The lowest BCUT2D eigenvalue weighted by Crippen LogP contribution is -2.62. The number of nitrogens with one attached hydrogen (secondary N) is 1. The Morgan fingerprint density at radius 2 is 1.81 bits per heavy atom. The first-order chi connectivity index (χ1) is 16.8. The highest BCUT2D eigenvalue weighted by molar-refractivity contribution is 5.84. The zero-order valence-electron chi connectivity index (χ0n) is 24.8. The van der Waals surface area contributed by atoms with Gasteiger partial charge in [0.25, 0.3) is 5.91 Å². The largest absolute Gasteiger partial charge is 0.379 e. The van der Waals surface area contributed by atoms with Gasteiger partial charge in [0.1, 0.15) is 0 Å². The molecule has 36 heavy (non-hydrogen) atoms. The summed E-state index contributed by atoms with van der Waals surface area (Å²) in [5.74, 6) is 4.68. The van der Waals surface area contributed by atoms with Crippen LogP contribution in [-0.2, 0) is 4.79 Å². The number of aliphatic hydroxyl groups is 1. The minimum Gasteiger partial charge on any atom is -0.379 e. The number of hydrogen-bond donors (Lipinski definition) is 2. The highest BCUT2D eigenvalue weighted by atomic mass is 16.3. The van der Waals surface area contributed by atoms with Gasteiger partial charge in [0.2, 0.25) is 0 Å². The average Bonchev–Trinajstić information content (AvgIpc) is 3.16. The van der Waals surface area contributed by atoms with Crippen LogP contribution in [0.25, 0.3) is 0 Å². The number of carbonyl (C=O) groups excluding carboxylic acids is 1. The Balaban J connectivity index is 1.48. The number of nitrogens with zero attached hydrogens (tertiary/aromatic N) is 1. The molecule has 2 N–H and O–H groups in total. The number of amides is 1. The standard InChI is InChI=1S/C32H56N2O2/c1-9-34(7,8)33-29(35)32(36)20-19-30(5)24(21-32)13-14-25-27-16-15-26(23(4)12-10-11-22(2)3)31(27,6)18-17-28(25)30/h13,22-23,25-28,36H,9-12,14-21H2,1-8H3/p+1/t23-,25+,26-,27+,28+,30+,31-,32-/m1/s1. The van der Waals surface area contributed by atoms with Crippen LogP contribution in [0.1, 0.15) is 112 Å². The normalized spacial score (nSPS) is 41.2. The predicted molar refractivity (Wildman–Crippen MR) is 149 cm³/mol. The van der Waals surface area contributed by atoms with Crippen molar-refractivity contribution >= 4 is 5.91 Å². The molecule has 3 saturated carbocycles. The smallest absolute Gasteiger partial charge is 0.297 e. The molecule has 0 aliphatic heterocycles. The van der Waals surface area contributed by atoms with Crippen molar-refractivity contribution in [2.45, 2.75) is 118 Å². The predicted octanol–water partition coefficient (Wildman–Crippen LogP) is 6.89. The Morgan fingerprint density at radius 1 is 1.08 bits per heavy atom. The van der Waals surface area contributed by atoms with Gasteiger partial charge in [0.15, 0.2) is 5.60 Å². The summed E-state index contributed by atoms with van der Waals surface area (Å²) in [6, 6.07) is 0. The van der Waals surface area contributed by atoms with Crippen molar-refractivity contribution in [1.29, 1.82) is 0 Å². The van der Waals surface area contributed by atoms with Crippen molar-refractivity contribution in [2.75, 3.05) is 20.6 Å². The molecule has 0 heterocycles. The second kappa shape index (κ2) is 10.0. The molecule has 8 atom stereocenters. The highest BCUT2D eigenvalue weighted by Crippen LogP contribution is 2.67. The van der Waals surface area contributed by atoms with Gasteiger partial charge in [-0.25, -0.2) is 4.59 Å². The Hall–Kier alpha value is -0.870. The lowest BCUT2D eigenvalue weighted by Gasteiger charge is -2.59.